The molecule has 1 unspecified atom stereocenters. The predicted octanol–water partition coefficient (Wildman–Crippen LogP) is 1.84. The SMILES string of the molecule is CC(=O)c1ccc(N2CCCCC2C=O)cn1. The summed E-state index contributed by atoms with van der Waals surface area (Å²) >= 11 is 0. The van der Waals surface area contributed by atoms with Crippen molar-refractivity contribution in [2.75, 3.05) is 11.4 Å². The van der Waals surface area contributed by atoms with Gasteiger partial charge in [-0.3, -0.25) is 9.78 Å². The highest BCUT2D eigenvalue weighted by Gasteiger charge is 2.22. The van der Waals surface area contributed by atoms with Gasteiger partial charge in [-0.15, -0.1) is 0 Å². The van der Waals surface area contributed by atoms with Crippen molar-refractivity contribution in [3.8, 4) is 0 Å². The maximum atomic E-state index is 11.1. The summed E-state index contributed by atoms with van der Waals surface area (Å²) in [5, 5.41) is 0. The van der Waals surface area contributed by atoms with Gasteiger partial charge in [-0.2, -0.15) is 0 Å². The Morgan fingerprint density at radius 3 is 2.88 bits per heavy atom. The molecule has 2 rings (SSSR count). The quantitative estimate of drug-likeness (QED) is 0.589. The van der Waals surface area contributed by atoms with Crippen LogP contribution in [0.15, 0.2) is 18.3 Å². The van der Waals surface area contributed by atoms with Gasteiger partial charge in [0.05, 0.1) is 17.9 Å². The molecule has 0 aliphatic carbocycles. The molecular weight excluding hydrogens is 216 g/mol. The van der Waals surface area contributed by atoms with Gasteiger partial charge in [0, 0.05) is 13.5 Å². The van der Waals surface area contributed by atoms with E-state index in [9.17, 15) is 9.59 Å². The molecule has 1 fully saturated rings. The van der Waals surface area contributed by atoms with Gasteiger partial charge in [0.2, 0.25) is 0 Å². The number of aromatic nitrogens is 1. The van der Waals surface area contributed by atoms with Crippen LogP contribution < -0.4 is 4.90 Å². The first kappa shape index (κ1) is 11.8. The smallest absolute Gasteiger partial charge is 0.178 e. The first-order chi connectivity index (χ1) is 8.22. The Hall–Kier alpha value is -1.71. The normalized spacial score (nSPS) is 20.1. The highest BCUT2D eigenvalue weighted by molar-refractivity contribution is 5.92. The van der Waals surface area contributed by atoms with Crippen LogP contribution in [0.2, 0.25) is 0 Å². The van der Waals surface area contributed by atoms with Gasteiger partial charge < -0.3 is 9.69 Å². The summed E-state index contributed by atoms with van der Waals surface area (Å²) in [7, 11) is 0. The van der Waals surface area contributed by atoms with Gasteiger partial charge in [0.25, 0.3) is 0 Å². The molecule has 0 aromatic carbocycles. The monoisotopic (exact) mass is 232 g/mol. The molecule has 17 heavy (non-hydrogen) atoms. The first-order valence-corrected chi connectivity index (χ1v) is 5.91. The molecule has 0 amide bonds. The Morgan fingerprint density at radius 2 is 2.29 bits per heavy atom. The molecule has 0 N–H and O–H groups in total. The minimum absolute atomic E-state index is 0.0397. The summed E-state index contributed by atoms with van der Waals surface area (Å²) in [6.07, 6.45) is 5.77. The molecule has 1 aromatic heterocycles. The lowest BCUT2D eigenvalue weighted by atomic mass is 10.0. The van der Waals surface area contributed by atoms with Gasteiger partial charge in [0.1, 0.15) is 12.0 Å². The zero-order valence-corrected chi connectivity index (χ0v) is 9.93. The van der Waals surface area contributed by atoms with Crippen LogP contribution in [0.3, 0.4) is 0 Å². The number of Topliss-reactive ketones (excluding diaryl/α,β-unsaturated/α-hetero) is 1. The summed E-state index contributed by atoms with van der Waals surface area (Å²) in [4.78, 5) is 28.3. The first-order valence-electron chi connectivity index (χ1n) is 5.91. The molecule has 1 aromatic rings. The van der Waals surface area contributed by atoms with E-state index in [1.54, 1.807) is 12.3 Å². The predicted molar refractivity (Wildman–Crippen MR) is 65.3 cm³/mol. The van der Waals surface area contributed by atoms with Crippen LogP contribution in [0.25, 0.3) is 0 Å². The van der Waals surface area contributed by atoms with E-state index in [0.717, 1.165) is 37.8 Å². The molecule has 0 radical (unpaired) electrons. The van der Waals surface area contributed by atoms with Crippen molar-refractivity contribution in [1.82, 2.24) is 4.98 Å². The van der Waals surface area contributed by atoms with E-state index in [2.05, 4.69) is 9.88 Å². The number of nitrogens with zero attached hydrogens (tertiary/aromatic N) is 2. The molecule has 1 atom stereocenters. The van der Waals surface area contributed by atoms with Crippen LogP contribution in [0.5, 0.6) is 0 Å². The lowest BCUT2D eigenvalue weighted by molar-refractivity contribution is -0.109. The fourth-order valence-electron chi connectivity index (χ4n) is 2.18. The van der Waals surface area contributed by atoms with Crippen molar-refractivity contribution in [3.63, 3.8) is 0 Å². The van der Waals surface area contributed by atoms with Crippen molar-refractivity contribution in [3.05, 3.63) is 24.0 Å². The highest BCUT2D eigenvalue weighted by atomic mass is 16.1. The molecule has 0 saturated carbocycles. The largest absolute Gasteiger partial charge is 0.361 e. The Kier molecular flexibility index (Phi) is 3.52. The Bertz CT molecular complexity index is 414. The molecule has 1 saturated heterocycles. The average Bonchev–Trinajstić information content (AvgIpc) is 2.39. The van der Waals surface area contributed by atoms with Crippen LogP contribution in [-0.2, 0) is 4.79 Å². The molecule has 1 aliphatic rings. The molecule has 0 bridgehead atoms. The van der Waals surface area contributed by atoms with E-state index < -0.39 is 0 Å². The van der Waals surface area contributed by atoms with E-state index in [4.69, 9.17) is 0 Å². The van der Waals surface area contributed by atoms with E-state index in [0.29, 0.717) is 5.69 Å². The van der Waals surface area contributed by atoms with Gasteiger partial charge in [0.15, 0.2) is 5.78 Å². The molecule has 2 heterocycles. The van der Waals surface area contributed by atoms with Gasteiger partial charge in [-0.1, -0.05) is 0 Å². The zero-order chi connectivity index (χ0) is 12.3. The number of piperidine rings is 1. The van der Waals surface area contributed by atoms with Crippen molar-refractivity contribution < 1.29 is 9.59 Å². The Morgan fingerprint density at radius 1 is 1.47 bits per heavy atom. The fraction of sp³-hybridized carbons (Fsp3) is 0.462. The van der Waals surface area contributed by atoms with Gasteiger partial charge >= 0.3 is 0 Å². The number of carbonyl (C=O) groups is 2. The van der Waals surface area contributed by atoms with Crippen LogP contribution >= 0.6 is 0 Å². The van der Waals surface area contributed by atoms with Crippen LogP contribution in [0, 0.1) is 0 Å². The second-order valence-corrected chi connectivity index (χ2v) is 4.35. The number of aldehydes is 1. The standard InChI is InChI=1S/C13H16N2O2/c1-10(17)13-6-5-11(8-14-13)15-7-3-2-4-12(15)9-16/h5-6,8-9,12H,2-4,7H2,1H3. The fourth-order valence-corrected chi connectivity index (χ4v) is 2.18. The molecular formula is C13H16N2O2. The minimum atomic E-state index is -0.0475. The van der Waals surface area contributed by atoms with Crippen molar-refractivity contribution in [2.24, 2.45) is 0 Å². The maximum Gasteiger partial charge on any atom is 0.178 e. The number of hydrogen-bond donors (Lipinski definition) is 0. The molecule has 0 spiro atoms. The topological polar surface area (TPSA) is 50.3 Å². The number of hydrogen-bond acceptors (Lipinski definition) is 4. The van der Waals surface area contributed by atoms with Gasteiger partial charge in [-0.25, -0.2) is 0 Å². The maximum absolute atomic E-state index is 11.1. The lowest BCUT2D eigenvalue weighted by Crippen LogP contribution is -2.40. The number of pyridine rings is 1. The van der Waals surface area contributed by atoms with Crippen LogP contribution in [0.4, 0.5) is 5.69 Å². The molecule has 90 valence electrons. The third kappa shape index (κ3) is 2.52. The third-order valence-electron chi connectivity index (χ3n) is 3.15. The van der Waals surface area contributed by atoms with Crippen molar-refractivity contribution >= 4 is 17.8 Å². The van der Waals surface area contributed by atoms with E-state index in [1.807, 2.05) is 6.07 Å². The summed E-state index contributed by atoms with van der Waals surface area (Å²) in [6, 6.07) is 3.54. The average molecular weight is 232 g/mol. The van der Waals surface area contributed by atoms with Crippen LogP contribution in [-0.4, -0.2) is 29.6 Å². The lowest BCUT2D eigenvalue weighted by Gasteiger charge is -2.34. The second kappa shape index (κ2) is 5.08. The summed E-state index contributed by atoms with van der Waals surface area (Å²) in [5.41, 5.74) is 1.39. The van der Waals surface area contributed by atoms with E-state index in [-0.39, 0.29) is 11.8 Å². The molecule has 1 aliphatic heterocycles. The third-order valence-corrected chi connectivity index (χ3v) is 3.15. The summed E-state index contributed by atoms with van der Waals surface area (Å²) in [6.45, 7) is 2.38. The summed E-state index contributed by atoms with van der Waals surface area (Å²) < 4.78 is 0. The summed E-state index contributed by atoms with van der Waals surface area (Å²) in [5.74, 6) is -0.0397. The Balaban J connectivity index is 2.20. The molecule has 4 nitrogen and oxygen atoms in total. The number of ketones is 1. The minimum Gasteiger partial charge on any atom is -0.361 e. The molecule has 4 heteroatoms. The van der Waals surface area contributed by atoms with E-state index in [1.165, 1.54) is 6.92 Å². The van der Waals surface area contributed by atoms with Crippen molar-refractivity contribution in [2.45, 2.75) is 32.2 Å². The van der Waals surface area contributed by atoms with Gasteiger partial charge in [-0.05, 0) is 31.4 Å². The number of carbonyl (C=O) groups excluding carboxylic acids is 2. The second-order valence-electron chi connectivity index (χ2n) is 4.35. The van der Waals surface area contributed by atoms with E-state index >= 15 is 0 Å². The number of rotatable bonds is 3. The zero-order valence-electron chi connectivity index (χ0n) is 9.93. The van der Waals surface area contributed by atoms with Crippen LogP contribution in [0.1, 0.15) is 36.7 Å². The number of anilines is 1. The Labute approximate surface area is 101 Å². The highest BCUT2D eigenvalue weighted by Crippen LogP contribution is 2.23. The van der Waals surface area contributed by atoms with Crippen molar-refractivity contribution in [1.29, 1.82) is 0 Å².